The van der Waals surface area contributed by atoms with Crippen molar-refractivity contribution in [3.05, 3.63) is 65.0 Å². The van der Waals surface area contributed by atoms with Gasteiger partial charge in [-0.2, -0.15) is 26.3 Å². The molecule has 202 valence electrons. The molecule has 2 atom stereocenters. The molecule has 1 aromatic heterocycles. The number of carbonyl (C=O) groups excluding carboxylic acids is 2. The largest absolute Gasteiger partial charge is 0.444 e. The molecular weight excluding hydrogens is 504 g/mol. The predicted molar refractivity (Wildman–Crippen MR) is 121 cm³/mol. The Morgan fingerprint density at radius 3 is 2.24 bits per heavy atom. The van der Waals surface area contributed by atoms with Crippen LogP contribution in [-0.2, 0) is 21.9 Å². The molecule has 0 spiro atoms. The highest BCUT2D eigenvalue weighted by Gasteiger charge is 2.39. The molecular formula is C25H27F6N3O3. The molecule has 3 rings (SSSR count). The second kappa shape index (κ2) is 10.6. The summed E-state index contributed by atoms with van der Waals surface area (Å²) in [6, 6.07) is 3.87. The van der Waals surface area contributed by atoms with E-state index < -0.39 is 58.7 Å². The third kappa shape index (κ3) is 7.36. The van der Waals surface area contributed by atoms with Crippen LogP contribution in [-0.4, -0.2) is 40.6 Å². The van der Waals surface area contributed by atoms with Crippen LogP contribution < -0.4 is 5.32 Å². The Kier molecular flexibility index (Phi) is 8.09. The predicted octanol–water partition coefficient (Wildman–Crippen LogP) is 5.97. The molecule has 1 aromatic carbocycles. The van der Waals surface area contributed by atoms with E-state index in [9.17, 15) is 35.9 Å². The molecule has 2 aromatic rings. The van der Waals surface area contributed by atoms with Gasteiger partial charge in [-0.3, -0.25) is 9.78 Å². The van der Waals surface area contributed by atoms with Crippen LogP contribution in [0.25, 0.3) is 0 Å². The summed E-state index contributed by atoms with van der Waals surface area (Å²) in [5.74, 6) is -1.42. The number of hydrogen-bond acceptors (Lipinski definition) is 4. The highest BCUT2D eigenvalue weighted by Crippen LogP contribution is 2.37. The molecule has 12 heteroatoms. The van der Waals surface area contributed by atoms with Gasteiger partial charge in [0.05, 0.1) is 28.8 Å². The first kappa shape index (κ1) is 28.3. The number of benzene rings is 1. The van der Waals surface area contributed by atoms with Crippen molar-refractivity contribution in [1.82, 2.24) is 15.2 Å². The zero-order valence-corrected chi connectivity index (χ0v) is 20.4. The van der Waals surface area contributed by atoms with Gasteiger partial charge in [-0.15, -0.1) is 0 Å². The Hall–Kier alpha value is -3.31. The fourth-order valence-corrected chi connectivity index (χ4v) is 4.00. The van der Waals surface area contributed by atoms with Crippen LogP contribution in [0, 0.1) is 5.92 Å². The molecule has 1 saturated heterocycles. The SMILES string of the molecule is CC(C)(C)OC(=O)N1CCCC(C(=O)NC(c2ccc(C(F)(F)F)cc2)c2ncccc2C(F)(F)F)C1. The Balaban J connectivity index is 1.92. The molecule has 2 amide bonds. The lowest BCUT2D eigenvalue weighted by Crippen LogP contribution is -2.47. The number of nitrogens with one attached hydrogen (secondary N) is 1. The van der Waals surface area contributed by atoms with Crippen LogP contribution in [0.15, 0.2) is 42.6 Å². The number of alkyl halides is 6. The average Bonchev–Trinajstić information content (AvgIpc) is 2.80. The van der Waals surface area contributed by atoms with E-state index in [1.54, 1.807) is 20.8 Å². The smallest absolute Gasteiger partial charge is 0.418 e. The van der Waals surface area contributed by atoms with Gasteiger partial charge in [-0.1, -0.05) is 12.1 Å². The molecule has 1 fully saturated rings. The molecule has 6 nitrogen and oxygen atoms in total. The van der Waals surface area contributed by atoms with Crippen molar-refractivity contribution in [3.63, 3.8) is 0 Å². The van der Waals surface area contributed by atoms with Crippen molar-refractivity contribution >= 4 is 12.0 Å². The maximum atomic E-state index is 13.8. The van der Waals surface area contributed by atoms with E-state index in [1.165, 1.54) is 4.90 Å². The Morgan fingerprint density at radius 1 is 1.03 bits per heavy atom. The summed E-state index contributed by atoms with van der Waals surface area (Å²) in [6.45, 7) is 5.41. The van der Waals surface area contributed by atoms with Gasteiger partial charge in [0.1, 0.15) is 5.60 Å². The average molecular weight is 531 g/mol. The van der Waals surface area contributed by atoms with Gasteiger partial charge < -0.3 is 15.0 Å². The molecule has 0 aliphatic carbocycles. The fourth-order valence-electron chi connectivity index (χ4n) is 4.00. The van der Waals surface area contributed by atoms with E-state index in [1.807, 2.05) is 0 Å². The van der Waals surface area contributed by atoms with Crippen molar-refractivity contribution in [2.75, 3.05) is 13.1 Å². The number of ether oxygens (including phenoxy) is 1. The van der Waals surface area contributed by atoms with E-state index >= 15 is 0 Å². The van der Waals surface area contributed by atoms with Crippen molar-refractivity contribution in [2.45, 2.75) is 57.6 Å². The summed E-state index contributed by atoms with van der Waals surface area (Å²) >= 11 is 0. The summed E-state index contributed by atoms with van der Waals surface area (Å²) in [6.07, 6.45) is -8.16. The van der Waals surface area contributed by atoms with E-state index in [-0.39, 0.29) is 12.1 Å². The first-order valence-electron chi connectivity index (χ1n) is 11.5. The van der Waals surface area contributed by atoms with Crippen molar-refractivity contribution < 1.29 is 40.7 Å². The first-order valence-corrected chi connectivity index (χ1v) is 11.5. The number of rotatable bonds is 4. The lowest BCUT2D eigenvalue weighted by molar-refractivity contribution is -0.139. The molecule has 2 heterocycles. The van der Waals surface area contributed by atoms with Crippen LogP contribution in [0.2, 0.25) is 0 Å². The van der Waals surface area contributed by atoms with Gasteiger partial charge in [0.15, 0.2) is 0 Å². The summed E-state index contributed by atoms with van der Waals surface area (Å²) in [4.78, 5) is 30.9. The number of halogens is 6. The standard InChI is InChI=1S/C25H27F6N3O3/c1-23(2,3)37-22(36)34-13-5-6-16(14-34)21(35)33-19(15-8-10-17(11-9-15)24(26,27)28)20-18(25(29,30)31)7-4-12-32-20/h4,7-12,16,19H,5-6,13-14H2,1-3H3,(H,33,35). The topological polar surface area (TPSA) is 71.5 Å². The monoisotopic (exact) mass is 531 g/mol. The van der Waals surface area contributed by atoms with Gasteiger partial charge in [-0.05, 0) is 63.4 Å². The van der Waals surface area contributed by atoms with E-state index in [0.717, 1.165) is 42.6 Å². The number of likely N-dealkylation sites (tertiary alicyclic amines) is 1. The third-order valence-electron chi connectivity index (χ3n) is 5.72. The van der Waals surface area contributed by atoms with Gasteiger partial charge in [0.25, 0.3) is 0 Å². The Bertz CT molecular complexity index is 1110. The van der Waals surface area contributed by atoms with Crippen LogP contribution in [0.3, 0.4) is 0 Å². The number of carbonyl (C=O) groups is 2. The first-order chi connectivity index (χ1) is 17.1. The molecule has 1 aliphatic heterocycles. The summed E-state index contributed by atoms with van der Waals surface area (Å²) in [7, 11) is 0. The Labute approximate surface area is 210 Å². The van der Waals surface area contributed by atoms with Crippen LogP contribution in [0.4, 0.5) is 31.1 Å². The van der Waals surface area contributed by atoms with Crippen molar-refractivity contribution in [2.24, 2.45) is 5.92 Å². The van der Waals surface area contributed by atoms with E-state index in [0.29, 0.717) is 19.4 Å². The fraction of sp³-hybridized carbons (Fsp3) is 0.480. The number of piperidine rings is 1. The molecule has 0 radical (unpaired) electrons. The van der Waals surface area contributed by atoms with Crippen LogP contribution in [0.5, 0.6) is 0 Å². The van der Waals surface area contributed by atoms with Gasteiger partial charge in [0, 0.05) is 19.3 Å². The lowest BCUT2D eigenvalue weighted by atomic mass is 9.94. The molecule has 1 aliphatic rings. The quantitative estimate of drug-likeness (QED) is 0.494. The maximum Gasteiger partial charge on any atom is 0.418 e. The van der Waals surface area contributed by atoms with Crippen LogP contribution >= 0.6 is 0 Å². The highest BCUT2D eigenvalue weighted by molar-refractivity contribution is 5.81. The maximum absolute atomic E-state index is 13.8. The van der Waals surface area contributed by atoms with E-state index in [2.05, 4.69) is 10.3 Å². The molecule has 37 heavy (non-hydrogen) atoms. The zero-order chi connectivity index (χ0) is 27.6. The molecule has 0 bridgehead atoms. The van der Waals surface area contributed by atoms with Crippen molar-refractivity contribution in [1.29, 1.82) is 0 Å². The lowest BCUT2D eigenvalue weighted by Gasteiger charge is -2.34. The molecule has 1 N–H and O–H groups in total. The van der Waals surface area contributed by atoms with Crippen molar-refractivity contribution in [3.8, 4) is 0 Å². The van der Waals surface area contributed by atoms with E-state index in [4.69, 9.17) is 4.74 Å². The number of amides is 2. The zero-order valence-electron chi connectivity index (χ0n) is 20.4. The summed E-state index contributed by atoms with van der Waals surface area (Å²) in [5.41, 5.74) is -3.43. The molecule has 0 saturated carbocycles. The highest BCUT2D eigenvalue weighted by atomic mass is 19.4. The minimum atomic E-state index is -4.82. The number of hydrogen-bond donors (Lipinski definition) is 1. The normalized spacial score (nSPS) is 17.8. The second-order valence-electron chi connectivity index (χ2n) is 9.76. The minimum Gasteiger partial charge on any atom is -0.444 e. The van der Waals surface area contributed by atoms with Gasteiger partial charge in [-0.25, -0.2) is 4.79 Å². The number of aromatic nitrogens is 1. The number of pyridine rings is 1. The minimum absolute atomic E-state index is 0.00893. The van der Waals surface area contributed by atoms with Gasteiger partial charge in [0.2, 0.25) is 5.91 Å². The third-order valence-corrected chi connectivity index (χ3v) is 5.72. The summed E-state index contributed by atoms with van der Waals surface area (Å²) in [5, 5.41) is 2.54. The van der Waals surface area contributed by atoms with Gasteiger partial charge >= 0.3 is 18.4 Å². The Morgan fingerprint density at radius 2 is 1.68 bits per heavy atom. The molecule has 2 unspecified atom stereocenters. The second-order valence-corrected chi connectivity index (χ2v) is 9.76. The number of nitrogens with zero attached hydrogens (tertiary/aromatic N) is 2. The van der Waals surface area contributed by atoms with Crippen LogP contribution in [0.1, 0.15) is 62.0 Å². The summed E-state index contributed by atoms with van der Waals surface area (Å²) < 4.78 is 85.7.